The summed E-state index contributed by atoms with van der Waals surface area (Å²) in [6, 6.07) is 5.18. The minimum atomic E-state index is -0.934. The van der Waals surface area contributed by atoms with Crippen LogP contribution in [0.2, 0.25) is 0 Å². The van der Waals surface area contributed by atoms with Gasteiger partial charge in [0.2, 0.25) is 0 Å². The first-order valence-corrected chi connectivity index (χ1v) is 6.66. The summed E-state index contributed by atoms with van der Waals surface area (Å²) < 4.78 is 10.9. The number of nitrogens with one attached hydrogen (secondary N) is 2. The van der Waals surface area contributed by atoms with Crippen LogP contribution >= 0.6 is 0 Å². The Morgan fingerprint density at radius 1 is 1.43 bits per heavy atom. The number of hydrogen-bond acceptors (Lipinski definition) is 5. The molecule has 1 aromatic carbocycles. The Labute approximate surface area is 122 Å². The van der Waals surface area contributed by atoms with Gasteiger partial charge in [0.1, 0.15) is 23.8 Å². The van der Waals surface area contributed by atoms with Crippen LogP contribution in [0, 0.1) is 0 Å². The van der Waals surface area contributed by atoms with Gasteiger partial charge in [-0.25, -0.2) is 4.79 Å². The zero-order valence-electron chi connectivity index (χ0n) is 11.9. The van der Waals surface area contributed by atoms with E-state index in [2.05, 4.69) is 10.6 Å². The lowest BCUT2D eigenvalue weighted by atomic mass is 10.0. The van der Waals surface area contributed by atoms with Gasteiger partial charge in [0.15, 0.2) is 0 Å². The molecule has 2 aliphatic rings. The number of ether oxygens (including phenoxy) is 2. The minimum Gasteiger partial charge on any atom is -0.497 e. The van der Waals surface area contributed by atoms with Crippen molar-refractivity contribution in [3.05, 3.63) is 23.8 Å². The summed E-state index contributed by atoms with van der Waals surface area (Å²) >= 11 is 0. The van der Waals surface area contributed by atoms with Gasteiger partial charge >= 0.3 is 6.03 Å². The second-order valence-electron chi connectivity index (χ2n) is 5.47. The zero-order valence-corrected chi connectivity index (χ0v) is 11.9. The van der Waals surface area contributed by atoms with Crippen molar-refractivity contribution in [2.45, 2.75) is 19.0 Å². The molecule has 1 fully saturated rings. The van der Waals surface area contributed by atoms with E-state index in [-0.39, 0.29) is 5.91 Å². The second-order valence-corrected chi connectivity index (χ2v) is 5.47. The summed E-state index contributed by atoms with van der Waals surface area (Å²) in [6.45, 7) is 3.08. The standard InChI is InChI=1S/C14H17N3O4/c1-14(12(18)15-13(19)16-14)7-17-6-9-5-10(20-2)3-4-11(9)21-8-17/h3-5H,6-8H2,1-2H3,(H2,15,16,18,19). The van der Waals surface area contributed by atoms with Crippen LogP contribution in [0.25, 0.3) is 0 Å². The Morgan fingerprint density at radius 3 is 2.90 bits per heavy atom. The Morgan fingerprint density at radius 2 is 2.24 bits per heavy atom. The van der Waals surface area contributed by atoms with Crippen molar-refractivity contribution >= 4 is 11.9 Å². The van der Waals surface area contributed by atoms with Crippen molar-refractivity contribution in [3.8, 4) is 11.5 Å². The van der Waals surface area contributed by atoms with Crippen molar-refractivity contribution in [3.63, 3.8) is 0 Å². The van der Waals surface area contributed by atoms with Gasteiger partial charge in [0.25, 0.3) is 5.91 Å². The lowest BCUT2D eigenvalue weighted by Crippen LogP contribution is -2.53. The topological polar surface area (TPSA) is 79.9 Å². The van der Waals surface area contributed by atoms with Crippen LogP contribution in [0.1, 0.15) is 12.5 Å². The van der Waals surface area contributed by atoms with Crippen LogP contribution in [-0.4, -0.2) is 42.8 Å². The maximum Gasteiger partial charge on any atom is 0.322 e. The summed E-state index contributed by atoms with van der Waals surface area (Å²) in [7, 11) is 1.61. The number of rotatable bonds is 3. The Bertz CT molecular complexity index is 604. The molecule has 0 saturated carbocycles. The van der Waals surface area contributed by atoms with Gasteiger partial charge in [-0.05, 0) is 25.1 Å². The number of hydrogen-bond donors (Lipinski definition) is 2. The van der Waals surface area contributed by atoms with Crippen molar-refractivity contribution in [2.75, 3.05) is 20.4 Å². The van der Waals surface area contributed by atoms with Gasteiger partial charge in [-0.2, -0.15) is 0 Å². The van der Waals surface area contributed by atoms with Crippen molar-refractivity contribution in [1.29, 1.82) is 0 Å². The summed E-state index contributed by atoms with van der Waals surface area (Å²) in [4.78, 5) is 25.1. The number of benzene rings is 1. The maximum atomic E-state index is 11.8. The third kappa shape index (κ3) is 2.52. The fraction of sp³-hybridized carbons (Fsp3) is 0.429. The van der Waals surface area contributed by atoms with E-state index in [1.807, 2.05) is 23.1 Å². The van der Waals surface area contributed by atoms with Gasteiger partial charge < -0.3 is 14.8 Å². The molecule has 1 atom stereocenters. The largest absolute Gasteiger partial charge is 0.497 e. The van der Waals surface area contributed by atoms with Crippen LogP contribution < -0.4 is 20.1 Å². The first-order chi connectivity index (χ1) is 10.00. The Hall–Kier alpha value is -2.28. The fourth-order valence-electron chi connectivity index (χ4n) is 2.63. The Balaban J connectivity index is 1.74. The summed E-state index contributed by atoms with van der Waals surface area (Å²) in [5.41, 5.74) is 0.0607. The van der Waals surface area contributed by atoms with E-state index >= 15 is 0 Å². The lowest BCUT2D eigenvalue weighted by molar-refractivity contribution is -0.124. The van der Waals surface area contributed by atoms with E-state index in [9.17, 15) is 9.59 Å². The normalized spacial score (nSPS) is 24.9. The third-order valence-electron chi connectivity index (χ3n) is 3.72. The van der Waals surface area contributed by atoms with Gasteiger partial charge in [-0.3, -0.25) is 15.0 Å². The number of amides is 3. The molecule has 1 unspecified atom stereocenters. The number of fused-ring (bicyclic) bond motifs is 1. The monoisotopic (exact) mass is 291 g/mol. The summed E-state index contributed by atoms with van der Waals surface area (Å²) in [5.74, 6) is 1.26. The minimum absolute atomic E-state index is 0.316. The number of carbonyl (C=O) groups is 2. The van der Waals surface area contributed by atoms with Gasteiger partial charge in [0.05, 0.1) is 7.11 Å². The molecule has 21 heavy (non-hydrogen) atoms. The van der Waals surface area contributed by atoms with E-state index in [1.54, 1.807) is 14.0 Å². The first kappa shape index (κ1) is 13.7. The molecule has 1 saturated heterocycles. The molecule has 2 N–H and O–H groups in total. The van der Waals surface area contributed by atoms with Crippen LogP contribution in [0.15, 0.2) is 18.2 Å². The van der Waals surface area contributed by atoms with Crippen LogP contribution in [-0.2, 0) is 11.3 Å². The number of urea groups is 1. The van der Waals surface area contributed by atoms with E-state index in [1.165, 1.54) is 0 Å². The maximum absolute atomic E-state index is 11.8. The molecule has 7 nitrogen and oxygen atoms in total. The van der Waals surface area contributed by atoms with Gasteiger partial charge in [-0.1, -0.05) is 0 Å². The molecule has 0 aliphatic carbocycles. The molecule has 7 heteroatoms. The quantitative estimate of drug-likeness (QED) is 0.790. The number of nitrogens with zero attached hydrogens (tertiary/aromatic N) is 1. The lowest BCUT2D eigenvalue weighted by Gasteiger charge is -2.33. The number of methoxy groups -OCH3 is 1. The van der Waals surface area contributed by atoms with E-state index < -0.39 is 11.6 Å². The predicted molar refractivity (Wildman–Crippen MR) is 74.0 cm³/mol. The average molecular weight is 291 g/mol. The van der Waals surface area contributed by atoms with Crippen molar-refractivity contribution in [1.82, 2.24) is 15.5 Å². The highest BCUT2D eigenvalue weighted by molar-refractivity contribution is 6.06. The molecule has 112 valence electrons. The predicted octanol–water partition coefficient (Wildman–Crippen LogP) is 0.445. The molecule has 0 spiro atoms. The van der Waals surface area contributed by atoms with E-state index in [0.29, 0.717) is 19.8 Å². The van der Waals surface area contributed by atoms with Crippen LogP contribution in [0.5, 0.6) is 11.5 Å². The number of carbonyl (C=O) groups excluding carboxylic acids is 2. The van der Waals surface area contributed by atoms with E-state index in [0.717, 1.165) is 17.1 Å². The highest BCUT2D eigenvalue weighted by Crippen LogP contribution is 2.29. The number of imide groups is 1. The van der Waals surface area contributed by atoms with Gasteiger partial charge in [-0.15, -0.1) is 0 Å². The molecule has 2 heterocycles. The SMILES string of the molecule is COc1ccc2c(c1)CN(CC1(C)NC(=O)NC1=O)CO2. The molecular formula is C14H17N3O4. The fourth-order valence-corrected chi connectivity index (χ4v) is 2.63. The molecule has 2 aliphatic heterocycles. The van der Waals surface area contributed by atoms with Crippen molar-refractivity contribution < 1.29 is 19.1 Å². The second kappa shape index (κ2) is 4.92. The van der Waals surface area contributed by atoms with E-state index in [4.69, 9.17) is 9.47 Å². The Kier molecular flexibility index (Phi) is 3.21. The van der Waals surface area contributed by atoms with Crippen molar-refractivity contribution in [2.24, 2.45) is 0 Å². The molecule has 0 bridgehead atoms. The molecule has 0 radical (unpaired) electrons. The average Bonchev–Trinajstić information content (AvgIpc) is 2.70. The molecule has 3 rings (SSSR count). The first-order valence-electron chi connectivity index (χ1n) is 6.66. The van der Waals surface area contributed by atoms with Crippen LogP contribution in [0.4, 0.5) is 4.79 Å². The van der Waals surface area contributed by atoms with Gasteiger partial charge in [0, 0.05) is 18.7 Å². The summed E-state index contributed by atoms with van der Waals surface area (Å²) in [6.07, 6.45) is 0. The molecular weight excluding hydrogens is 274 g/mol. The third-order valence-corrected chi connectivity index (χ3v) is 3.72. The summed E-state index contributed by atoms with van der Waals surface area (Å²) in [5, 5.41) is 4.91. The molecule has 0 aromatic heterocycles. The molecule has 1 aromatic rings. The smallest absolute Gasteiger partial charge is 0.322 e. The zero-order chi connectivity index (χ0) is 15.0. The van der Waals surface area contributed by atoms with Crippen LogP contribution in [0.3, 0.4) is 0 Å². The molecule has 3 amide bonds. The highest BCUT2D eigenvalue weighted by Gasteiger charge is 2.43. The highest BCUT2D eigenvalue weighted by atomic mass is 16.5.